The molecule has 0 bridgehead atoms. The van der Waals surface area contributed by atoms with Crippen LogP contribution >= 0.6 is 15.9 Å². The molecule has 0 saturated heterocycles. The molecule has 0 spiro atoms. The fourth-order valence-electron chi connectivity index (χ4n) is 3.38. The topological polar surface area (TPSA) is 20.2 Å². The lowest BCUT2D eigenvalue weighted by atomic mass is 9.86. The fourth-order valence-corrected chi connectivity index (χ4v) is 3.78. The molecule has 1 aliphatic carbocycles. The molecule has 20 heavy (non-hydrogen) atoms. The number of benzene rings is 1. The van der Waals surface area contributed by atoms with Crippen molar-refractivity contribution >= 4 is 15.9 Å². The van der Waals surface area contributed by atoms with Crippen LogP contribution in [-0.2, 0) is 6.42 Å². The van der Waals surface area contributed by atoms with Gasteiger partial charge >= 0.3 is 0 Å². The van der Waals surface area contributed by atoms with Gasteiger partial charge in [0, 0.05) is 6.42 Å². The van der Waals surface area contributed by atoms with Crippen LogP contribution in [0.1, 0.15) is 57.4 Å². The summed E-state index contributed by atoms with van der Waals surface area (Å²) >= 11 is 3.30. The lowest BCUT2D eigenvalue weighted by Gasteiger charge is -2.27. The number of halogens is 2. The smallest absolute Gasteiger partial charge is 0.137 e. The maximum absolute atomic E-state index is 13.6. The van der Waals surface area contributed by atoms with Crippen LogP contribution in [-0.4, -0.2) is 10.7 Å². The standard InChI is InChI=1S/C17H24BrFO/c1-2-5-13-6-4-10-17(20,11-9-13)12-14-7-3-8-15(19)16(14)18/h3,7-8,13,20H,2,4-6,9-12H2,1H3. The van der Waals surface area contributed by atoms with Crippen molar-refractivity contribution in [2.75, 3.05) is 0 Å². The largest absolute Gasteiger partial charge is 0.390 e. The van der Waals surface area contributed by atoms with E-state index in [2.05, 4.69) is 22.9 Å². The Kier molecular flexibility index (Phi) is 5.62. The van der Waals surface area contributed by atoms with Crippen molar-refractivity contribution in [3.05, 3.63) is 34.1 Å². The van der Waals surface area contributed by atoms with Crippen LogP contribution in [0.15, 0.2) is 22.7 Å². The van der Waals surface area contributed by atoms with Gasteiger partial charge in [0.2, 0.25) is 0 Å². The Labute approximate surface area is 129 Å². The van der Waals surface area contributed by atoms with Crippen LogP contribution in [0.4, 0.5) is 4.39 Å². The highest BCUT2D eigenvalue weighted by Crippen LogP contribution is 2.36. The van der Waals surface area contributed by atoms with Crippen molar-refractivity contribution in [2.45, 2.75) is 63.9 Å². The molecule has 2 unspecified atom stereocenters. The second-order valence-corrected chi connectivity index (χ2v) is 6.99. The number of aliphatic hydroxyl groups is 1. The molecule has 0 radical (unpaired) electrons. The third kappa shape index (κ3) is 4.05. The summed E-state index contributed by atoms with van der Waals surface area (Å²) in [5, 5.41) is 10.9. The highest BCUT2D eigenvalue weighted by molar-refractivity contribution is 9.10. The second kappa shape index (κ2) is 7.04. The van der Waals surface area contributed by atoms with Crippen LogP contribution in [0.2, 0.25) is 0 Å². The van der Waals surface area contributed by atoms with E-state index in [1.807, 2.05) is 6.07 Å². The SMILES string of the molecule is CCCC1CCCC(O)(Cc2cccc(F)c2Br)CC1. The lowest BCUT2D eigenvalue weighted by Crippen LogP contribution is -2.31. The van der Waals surface area contributed by atoms with Crippen LogP contribution in [0.3, 0.4) is 0 Å². The van der Waals surface area contributed by atoms with Gasteiger partial charge in [-0.3, -0.25) is 0 Å². The predicted molar refractivity (Wildman–Crippen MR) is 84.2 cm³/mol. The minimum absolute atomic E-state index is 0.247. The van der Waals surface area contributed by atoms with E-state index in [1.54, 1.807) is 6.07 Å². The van der Waals surface area contributed by atoms with Crippen LogP contribution in [0.25, 0.3) is 0 Å². The molecule has 1 aliphatic rings. The molecule has 2 atom stereocenters. The highest BCUT2D eigenvalue weighted by atomic mass is 79.9. The average molecular weight is 343 g/mol. The number of rotatable bonds is 4. The van der Waals surface area contributed by atoms with Crippen molar-refractivity contribution in [1.29, 1.82) is 0 Å². The minimum Gasteiger partial charge on any atom is -0.390 e. The van der Waals surface area contributed by atoms with Crippen molar-refractivity contribution < 1.29 is 9.50 Å². The van der Waals surface area contributed by atoms with E-state index >= 15 is 0 Å². The minimum atomic E-state index is -0.668. The van der Waals surface area contributed by atoms with Crippen molar-refractivity contribution in [1.82, 2.24) is 0 Å². The zero-order valence-corrected chi connectivity index (χ0v) is 13.8. The molecular weight excluding hydrogens is 319 g/mol. The van der Waals surface area contributed by atoms with Gasteiger partial charge in [0.1, 0.15) is 5.82 Å². The van der Waals surface area contributed by atoms with Gasteiger partial charge < -0.3 is 5.11 Å². The fraction of sp³-hybridized carbons (Fsp3) is 0.647. The van der Waals surface area contributed by atoms with E-state index in [0.29, 0.717) is 10.9 Å². The van der Waals surface area contributed by atoms with Crippen molar-refractivity contribution in [3.63, 3.8) is 0 Å². The van der Waals surface area contributed by atoms with E-state index in [4.69, 9.17) is 0 Å². The van der Waals surface area contributed by atoms with Crippen LogP contribution < -0.4 is 0 Å². The third-order valence-electron chi connectivity index (χ3n) is 4.52. The summed E-state index contributed by atoms with van der Waals surface area (Å²) < 4.78 is 14.1. The van der Waals surface area contributed by atoms with E-state index in [1.165, 1.54) is 25.3 Å². The van der Waals surface area contributed by atoms with Gasteiger partial charge in [0.05, 0.1) is 10.1 Å². The van der Waals surface area contributed by atoms with Gasteiger partial charge in [-0.15, -0.1) is 0 Å². The molecular formula is C17H24BrFO. The van der Waals surface area contributed by atoms with Crippen molar-refractivity contribution in [3.8, 4) is 0 Å². The molecule has 0 heterocycles. The summed E-state index contributed by atoms with van der Waals surface area (Å²) in [5.74, 6) is 0.508. The lowest BCUT2D eigenvalue weighted by molar-refractivity contribution is 0.0239. The van der Waals surface area contributed by atoms with Gasteiger partial charge in [0.25, 0.3) is 0 Å². The third-order valence-corrected chi connectivity index (χ3v) is 5.41. The van der Waals surface area contributed by atoms with Gasteiger partial charge in [0.15, 0.2) is 0 Å². The Morgan fingerprint density at radius 2 is 2.15 bits per heavy atom. The van der Waals surface area contributed by atoms with Gasteiger partial charge in [-0.25, -0.2) is 4.39 Å². The molecule has 2 rings (SSSR count). The molecule has 1 aromatic carbocycles. The summed E-state index contributed by atoms with van der Waals surface area (Å²) in [4.78, 5) is 0. The average Bonchev–Trinajstić information content (AvgIpc) is 2.59. The van der Waals surface area contributed by atoms with Crippen LogP contribution in [0.5, 0.6) is 0 Å². The van der Waals surface area contributed by atoms with E-state index in [0.717, 1.165) is 37.2 Å². The van der Waals surface area contributed by atoms with Gasteiger partial charge in [-0.1, -0.05) is 44.7 Å². The molecule has 3 heteroatoms. The molecule has 0 amide bonds. The first-order valence-corrected chi connectivity index (χ1v) is 8.48. The quantitative estimate of drug-likeness (QED) is 0.741. The molecule has 1 nitrogen and oxygen atoms in total. The first-order chi connectivity index (χ1) is 9.54. The Hall–Kier alpha value is -0.410. The normalized spacial score (nSPS) is 27.3. The van der Waals surface area contributed by atoms with E-state index < -0.39 is 5.60 Å². The predicted octanol–water partition coefficient (Wildman–Crippen LogP) is 5.24. The molecule has 0 aliphatic heterocycles. The van der Waals surface area contributed by atoms with Crippen LogP contribution in [0, 0.1) is 11.7 Å². The van der Waals surface area contributed by atoms with Crippen molar-refractivity contribution in [2.24, 2.45) is 5.92 Å². The Bertz CT molecular complexity index is 449. The first kappa shape index (κ1) is 16.0. The zero-order chi connectivity index (χ0) is 14.6. The molecule has 1 aromatic rings. The maximum Gasteiger partial charge on any atom is 0.137 e. The highest BCUT2D eigenvalue weighted by Gasteiger charge is 2.31. The summed E-state index contributed by atoms with van der Waals surface area (Å²) in [6.07, 6.45) is 8.09. The molecule has 1 saturated carbocycles. The summed E-state index contributed by atoms with van der Waals surface area (Å²) in [5.41, 5.74) is 0.208. The molecule has 0 aromatic heterocycles. The molecule has 1 N–H and O–H groups in total. The monoisotopic (exact) mass is 342 g/mol. The second-order valence-electron chi connectivity index (χ2n) is 6.20. The Balaban J connectivity index is 2.05. The Morgan fingerprint density at radius 1 is 1.35 bits per heavy atom. The van der Waals surface area contributed by atoms with Gasteiger partial charge in [-0.05, 0) is 52.7 Å². The summed E-state index contributed by atoms with van der Waals surface area (Å²) in [6, 6.07) is 5.07. The summed E-state index contributed by atoms with van der Waals surface area (Å²) in [7, 11) is 0. The van der Waals surface area contributed by atoms with E-state index in [-0.39, 0.29) is 5.82 Å². The first-order valence-electron chi connectivity index (χ1n) is 7.69. The molecule has 1 fully saturated rings. The van der Waals surface area contributed by atoms with E-state index in [9.17, 15) is 9.50 Å². The maximum atomic E-state index is 13.6. The van der Waals surface area contributed by atoms with Gasteiger partial charge in [-0.2, -0.15) is 0 Å². The number of hydrogen-bond donors (Lipinski definition) is 1. The summed E-state index contributed by atoms with van der Waals surface area (Å²) in [6.45, 7) is 2.22. The molecule has 112 valence electrons. The zero-order valence-electron chi connectivity index (χ0n) is 12.2. The number of hydrogen-bond acceptors (Lipinski definition) is 1. The Morgan fingerprint density at radius 3 is 2.90 bits per heavy atom.